The predicted octanol–water partition coefficient (Wildman–Crippen LogP) is 2.35. The summed E-state index contributed by atoms with van der Waals surface area (Å²) >= 11 is 0. The van der Waals surface area contributed by atoms with Crippen molar-refractivity contribution >= 4 is 5.97 Å². The van der Waals surface area contributed by atoms with Crippen LogP contribution in [0.5, 0.6) is 5.75 Å². The van der Waals surface area contributed by atoms with Crippen LogP contribution in [0.1, 0.15) is 25.8 Å². The minimum absolute atomic E-state index is 0.0814. The van der Waals surface area contributed by atoms with Crippen molar-refractivity contribution in [2.24, 2.45) is 0 Å². The predicted molar refractivity (Wildman–Crippen MR) is 70.9 cm³/mol. The van der Waals surface area contributed by atoms with Gasteiger partial charge in [0, 0.05) is 18.5 Å². The molecule has 0 bridgehead atoms. The summed E-state index contributed by atoms with van der Waals surface area (Å²) in [6.45, 7) is 5.66. The third kappa shape index (κ3) is 5.26. The Morgan fingerprint density at radius 1 is 1.47 bits per heavy atom. The van der Waals surface area contributed by atoms with Crippen LogP contribution < -0.4 is 10.1 Å². The van der Waals surface area contributed by atoms with E-state index in [2.05, 4.69) is 5.32 Å². The molecule has 1 aromatic rings. The molecule has 0 saturated carbocycles. The minimum Gasteiger partial charge on any atom is -0.493 e. The molecular formula is C14H20FNO3. The van der Waals surface area contributed by atoms with Crippen LogP contribution in [0.4, 0.5) is 4.39 Å². The molecule has 0 amide bonds. The molecule has 0 aliphatic rings. The molecule has 0 fully saturated rings. The number of carbonyl (C=O) groups is 1. The lowest BCUT2D eigenvalue weighted by Gasteiger charge is -2.17. The van der Waals surface area contributed by atoms with Gasteiger partial charge in [-0.2, -0.15) is 0 Å². The lowest BCUT2D eigenvalue weighted by atomic mass is 10.2. The van der Waals surface area contributed by atoms with Crippen molar-refractivity contribution < 1.29 is 19.0 Å². The number of rotatable bonds is 7. The molecule has 5 heteroatoms. The fourth-order valence-electron chi connectivity index (χ4n) is 1.64. The number of hydrogen-bond acceptors (Lipinski definition) is 3. The van der Waals surface area contributed by atoms with Gasteiger partial charge in [0.25, 0.3) is 0 Å². The van der Waals surface area contributed by atoms with Crippen LogP contribution in [0.25, 0.3) is 0 Å². The Kier molecular flexibility index (Phi) is 5.76. The maximum Gasteiger partial charge on any atom is 0.320 e. The SMILES string of the molecule is Cc1ccc(OCCC(NC(C)C)C(=O)O)cc1F. The molecule has 1 atom stereocenters. The van der Waals surface area contributed by atoms with Crippen molar-refractivity contribution in [2.45, 2.75) is 39.3 Å². The Hall–Kier alpha value is -1.62. The van der Waals surface area contributed by atoms with Gasteiger partial charge in [-0.25, -0.2) is 4.39 Å². The second-order valence-corrected chi connectivity index (χ2v) is 4.76. The summed E-state index contributed by atoms with van der Waals surface area (Å²) in [4.78, 5) is 11.0. The Balaban J connectivity index is 2.47. The first kappa shape index (κ1) is 15.4. The number of carboxylic acids is 1. The van der Waals surface area contributed by atoms with Crippen molar-refractivity contribution in [3.8, 4) is 5.75 Å². The Morgan fingerprint density at radius 3 is 2.68 bits per heavy atom. The minimum atomic E-state index is -0.910. The summed E-state index contributed by atoms with van der Waals surface area (Å²) in [6, 6.07) is 4.03. The van der Waals surface area contributed by atoms with Gasteiger partial charge in [0.05, 0.1) is 6.61 Å². The van der Waals surface area contributed by atoms with Gasteiger partial charge in [-0.05, 0) is 18.6 Å². The average Bonchev–Trinajstić information content (AvgIpc) is 2.31. The fourth-order valence-corrected chi connectivity index (χ4v) is 1.64. The third-order valence-electron chi connectivity index (χ3n) is 2.65. The first-order valence-electron chi connectivity index (χ1n) is 6.28. The molecule has 0 aromatic heterocycles. The van der Waals surface area contributed by atoms with E-state index in [4.69, 9.17) is 9.84 Å². The number of hydrogen-bond donors (Lipinski definition) is 2. The molecule has 0 heterocycles. The molecule has 0 aliphatic heterocycles. The maximum absolute atomic E-state index is 13.3. The lowest BCUT2D eigenvalue weighted by Crippen LogP contribution is -2.41. The Labute approximate surface area is 112 Å². The molecule has 2 N–H and O–H groups in total. The normalized spacial score (nSPS) is 12.5. The molecule has 1 aromatic carbocycles. The maximum atomic E-state index is 13.3. The molecule has 0 radical (unpaired) electrons. The van der Waals surface area contributed by atoms with E-state index in [1.54, 1.807) is 19.1 Å². The molecule has 1 unspecified atom stereocenters. The van der Waals surface area contributed by atoms with E-state index < -0.39 is 12.0 Å². The molecule has 19 heavy (non-hydrogen) atoms. The van der Waals surface area contributed by atoms with E-state index in [-0.39, 0.29) is 18.5 Å². The summed E-state index contributed by atoms with van der Waals surface area (Å²) in [7, 11) is 0. The van der Waals surface area contributed by atoms with Gasteiger partial charge in [0.15, 0.2) is 0 Å². The van der Waals surface area contributed by atoms with E-state index in [1.165, 1.54) is 6.07 Å². The summed E-state index contributed by atoms with van der Waals surface area (Å²) in [6.07, 6.45) is 0.322. The lowest BCUT2D eigenvalue weighted by molar-refractivity contribution is -0.140. The molecule has 0 spiro atoms. The molecule has 0 aliphatic carbocycles. The summed E-state index contributed by atoms with van der Waals surface area (Å²) in [5.41, 5.74) is 0.553. The van der Waals surface area contributed by atoms with Crippen LogP contribution in [-0.4, -0.2) is 29.8 Å². The number of halogens is 1. The van der Waals surface area contributed by atoms with Crippen molar-refractivity contribution in [3.63, 3.8) is 0 Å². The van der Waals surface area contributed by atoms with E-state index in [1.807, 2.05) is 13.8 Å². The first-order chi connectivity index (χ1) is 8.90. The second-order valence-electron chi connectivity index (χ2n) is 4.76. The molecule has 106 valence electrons. The summed E-state index contributed by atoms with van der Waals surface area (Å²) < 4.78 is 18.6. The van der Waals surface area contributed by atoms with Gasteiger partial charge in [-0.3, -0.25) is 4.79 Å². The Bertz CT molecular complexity index is 435. The van der Waals surface area contributed by atoms with Crippen molar-refractivity contribution in [3.05, 3.63) is 29.6 Å². The highest BCUT2D eigenvalue weighted by atomic mass is 19.1. The topological polar surface area (TPSA) is 58.6 Å². The summed E-state index contributed by atoms with van der Waals surface area (Å²) in [5, 5.41) is 12.0. The van der Waals surface area contributed by atoms with Crippen LogP contribution in [0.2, 0.25) is 0 Å². The fraction of sp³-hybridized carbons (Fsp3) is 0.500. The van der Waals surface area contributed by atoms with Gasteiger partial charge in [0.2, 0.25) is 0 Å². The highest BCUT2D eigenvalue weighted by Crippen LogP contribution is 2.16. The largest absolute Gasteiger partial charge is 0.493 e. The quantitative estimate of drug-likeness (QED) is 0.797. The monoisotopic (exact) mass is 269 g/mol. The molecule has 1 rings (SSSR count). The molecule has 4 nitrogen and oxygen atoms in total. The zero-order chi connectivity index (χ0) is 14.4. The highest BCUT2D eigenvalue weighted by molar-refractivity contribution is 5.73. The zero-order valence-electron chi connectivity index (χ0n) is 11.4. The second kappa shape index (κ2) is 7.09. The van der Waals surface area contributed by atoms with Crippen LogP contribution in [-0.2, 0) is 4.79 Å². The van der Waals surface area contributed by atoms with E-state index in [0.29, 0.717) is 17.7 Å². The van der Waals surface area contributed by atoms with Crippen LogP contribution >= 0.6 is 0 Å². The van der Waals surface area contributed by atoms with Gasteiger partial charge in [0.1, 0.15) is 17.6 Å². The van der Waals surface area contributed by atoms with Crippen molar-refractivity contribution in [1.29, 1.82) is 0 Å². The van der Waals surface area contributed by atoms with Crippen molar-refractivity contribution in [1.82, 2.24) is 5.32 Å². The number of carboxylic acid groups (broad SMARTS) is 1. The van der Waals surface area contributed by atoms with Gasteiger partial charge in [-0.1, -0.05) is 19.9 Å². The molecule has 0 saturated heterocycles. The van der Waals surface area contributed by atoms with E-state index in [9.17, 15) is 9.18 Å². The Morgan fingerprint density at radius 2 is 2.16 bits per heavy atom. The zero-order valence-corrected chi connectivity index (χ0v) is 11.4. The van der Waals surface area contributed by atoms with E-state index in [0.717, 1.165) is 0 Å². The van der Waals surface area contributed by atoms with Crippen LogP contribution in [0, 0.1) is 12.7 Å². The van der Waals surface area contributed by atoms with Crippen molar-refractivity contribution in [2.75, 3.05) is 6.61 Å². The number of aryl methyl sites for hydroxylation is 1. The third-order valence-corrected chi connectivity index (χ3v) is 2.65. The van der Waals surface area contributed by atoms with Gasteiger partial charge >= 0.3 is 5.97 Å². The first-order valence-corrected chi connectivity index (χ1v) is 6.28. The number of aliphatic carboxylic acids is 1. The van der Waals surface area contributed by atoms with Gasteiger partial charge < -0.3 is 15.2 Å². The van der Waals surface area contributed by atoms with Crippen LogP contribution in [0.3, 0.4) is 0 Å². The number of benzene rings is 1. The van der Waals surface area contributed by atoms with Gasteiger partial charge in [-0.15, -0.1) is 0 Å². The van der Waals surface area contributed by atoms with E-state index >= 15 is 0 Å². The number of nitrogens with one attached hydrogen (secondary N) is 1. The average molecular weight is 269 g/mol. The standard InChI is InChI=1S/C14H20FNO3/c1-9(2)16-13(14(17)18)6-7-19-11-5-4-10(3)12(15)8-11/h4-5,8-9,13,16H,6-7H2,1-3H3,(H,17,18). The molecular weight excluding hydrogens is 249 g/mol. The van der Waals surface area contributed by atoms with Crippen LogP contribution in [0.15, 0.2) is 18.2 Å². The highest BCUT2D eigenvalue weighted by Gasteiger charge is 2.17. The number of ether oxygens (including phenoxy) is 1. The summed E-state index contributed by atoms with van der Waals surface area (Å²) in [5.74, 6) is -0.822. The smallest absolute Gasteiger partial charge is 0.320 e.